The summed E-state index contributed by atoms with van der Waals surface area (Å²) in [6, 6.07) is 15.0. The summed E-state index contributed by atoms with van der Waals surface area (Å²) in [4.78, 5) is 27.1. The minimum absolute atomic E-state index is 0.196. The number of alkyl halides is 1. The van der Waals surface area contributed by atoms with Crippen molar-refractivity contribution in [3.05, 3.63) is 65.7 Å². The van der Waals surface area contributed by atoms with Crippen LogP contribution in [0.15, 0.2) is 59.5 Å². The van der Waals surface area contributed by atoms with E-state index in [1.54, 1.807) is 24.3 Å². The zero-order chi connectivity index (χ0) is 17.3. The fourth-order valence-corrected chi connectivity index (χ4v) is 4.05. The average Bonchev–Trinajstić information content (AvgIpc) is 2.81. The van der Waals surface area contributed by atoms with Gasteiger partial charge in [-0.15, -0.1) is 0 Å². The first-order chi connectivity index (χ1) is 11.5. The Morgan fingerprint density at radius 2 is 1.38 bits per heavy atom. The molecule has 24 heavy (non-hydrogen) atoms. The molecule has 2 atom stereocenters. The van der Waals surface area contributed by atoms with Crippen LogP contribution in [0.5, 0.6) is 0 Å². The van der Waals surface area contributed by atoms with E-state index in [2.05, 4.69) is 0 Å². The molecule has 0 aliphatic carbocycles. The quantitative estimate of drug-likeness (QED) is 0.597. The van der Waals surface area contributed by atoms with Crippen molar-refractivity contribution in [2.24, 2.45) is 5.92 Å². The third-order valence-electron chi connectivity index (χ3n) is 4.07. The van der Waals surface area contributed by atoms with Crippen LogP contribution in [0.4, 0.5) is 4.39 Å². The lowest BCUT2D eigenvalue weighted by Gasteiger charge is -2.31. The predicted molar refractivity (Wildman–Crippen MR) is 92.8 cm³/mol. The van der Waals surface area contributed by atoms with Crippen LogP contribution < -0.4 is 0 Å². The Balaban J connectivity index is 1.89. The summed E-state index contributed by atoms with van der Waals surface area (Å²) >= 11 is 1.04. The number of nitrogens with zero attached hydrogens (tertiary/aromatic N) is 1. The molecule has 2 aromatic rings. The van der Waals surface area contributed by atoms with E-state index < -0.39 is 23.4 Å². The van der Waals surface area contributed by atoms with Gasteiger partial charge in [0.05, 0.1) is 17.2 Å². The Labute approximate surface area is 144 Å². The molecule has 0 fully saturated rings. The van der Waals surface area contributed by atoms with Crippen LogP contribution in [-0.2, 0) is 0 Å². The third-order valence-corrected chi connectivity index (χ3v) is 5.12. The van der Waals surface area contributed by atoms with Crippen LogP contribution >= 0.6 is 11.8 Å². The molecule has 3 nitrogen and oxygen atoms in total. The van der Waals surface area contributed by atoms with Gasteiger partial charge in [-0.2, -0.15) is 0 Å². The molecule has 5 heteroatoms. The summed E-state index contributed by atoms with van der Waals surface area (Å²) in [6.45, 7) is 3.65. The number of carbonyl (C=O) groups excluding carboxylic acids is 2. The molecule has 0 bridgehead atoms. The van der Waals surface area contributed by atoms with Crippen LogP contribution in [0.25, 0.3) is 0 Å². The average molecular weight is 343 g/mol. The Hall–Kier alpha value is -2.14. The van der Waals surface area contributed by atoms with E-state index in [1.165, 1.54) is 0 Å². The molecular formula is C19H18FNO2S. The number of benzene rings is 2. The third kappa shape index (κ3) is 2.96. The Morgan fingerprint density at radius 1 is 0.875 bits per heavy atom. The Kier molecular flexibility index (Phi) is 4.71. The van der Waals surface area contributed by atoms with Gasteiger partial charge in [-0.3, -0.25) is 14.5 Å². The van der Waals surface area contributed by atoms with Gasteiger partial charge in [0.25, 0.3) is 11.8 Å². The highest BCUT2D eigenvalue weighted by atomic mass is 32.2. The van der Waals surface area contributed by atoms with Gasteiger partial charge in [0.2, 0.25) is 0 Å². The number of hydrogen-bond acceptors (Lipinski definition) is 3. The maximum Gasteiger partial charge on any atom is 0.261 e. The van der Waals surface area contributed by atoms with E-state index >= 15 is 4.39 Å². The second-order valence-electron chi connectivity index (χ2n) is 6.04. The number of halogens is 1. The smallest absolute Gasteiger partial charge is 0.261 e. The van der Waals surface area contributed by atoms with Crippen molar-refractivity contribution in [3.8, 4) is 0 Å². The van der Waals surface area contributed by atoms with Crippen LogP contribution in [0.1, 0.15) is 34.6 Å². The molecule has 2 amide bonds. The van der Waals surface area contributed by atoms with Gasteiger partial charge in [-0.25, -0.2) is 4.39 Å². The first-order valence-corrected chi connectivity index (χ1v) is 8.71. The Morgan fingerprint density at radius 3 is 1.88 bits per heavy atom. The minimum atomic E-state index is -1.39. The topological polar surface area (TPSA) is 37.4 Å². The minimum Gasteiger partial charge on any atom is -0.269 e. The van der Waals surface area contributed by atoms with Crippen LogP contribution in [0.2, 0.25) is 0 Å². The molecule has 1 unspecified atom stereocenters. The monoisotopic (exact) mass is 343 g/mol. The van der Waals surface area contributed by atoms with Gasteiger partial charge < -0.3 is 0 Å². The molecule has 0 radical (unpaired) electrons. The van der Waals surface area contributed by atoms with Gasteiger partial charge in [-0.05, 0) is 30.2 Å². The van der Waals surface area contributed by atoms with Crippen LogP contribution in [0, 0.1) is 5.92 Å². The summed E-state index contributed by atoms with van der Waals surface area (Å²) in [5.74, 6) is -1.02. The lowest BCUT2D eigenvalue weighted by molar-refractivity contribution is 0.0487. The van der Waals surface area contributed by atoms with Crippen LogP contribution in [-0.4, -0.2) is 28.3 Å². The van der Waals surface area contributed by atoms with E-state index in [1.807, 2.05) is 44.2 Å². The number of rotatable bonds is 5. The van der Waals surface area contributed by atoms with E-state index in [0.717, 1.165) is 21.6 Å². The number of imide groups is 1. The molecule has 2 aromatic carbocycles. The van der Waals surface area contributed by atoms with E-state index in [-0.39, 0.29) is 5.92 Å². The van der Waals surface area contributed by atoms with Gasteiger partial charge in [0.1, 0.15) is 0 Å². The number of fused-ring (bicyclic) bond motifs is 1. The number of carbonyl (C=O) groups is 2. The largest absolute Gasteiger partial charge is 0.269 e. The first-order valence-electron chi connectivity index (χ1n) is 7.83. The van der Waals surface area contributed by atoms with Gasteiger partial charge in [0.15, 0.2) is 5.50 Å². The van der Waals surface area contributed by atoms with E-state index in [9.17, 15) is 9.59 Å². The van der Waals surface area contributed by atoms with E-state index in [4.69, 9.17) is 0 Å². The highest BCUT2D eigenvalue weighted by molar-refractivity contribution is 7.99. The summed E-state index contributed by atoms with van der Waals surface area (Å²) < 4.78 is 15.0. The lowest BCUT2D eigenvalue weighted by Crippen LogP contribution is -2.47. The van der Waals surface area contributed by atoms with Crippen molar-refractivity contribution in [1.82, 2.24) is 4.90 Å². The summed E-state index contributed by atoms with van der Waals surface area (Å²) in [5.41, 5.74) is -0.690. The Bertz CT molecular complexity index is 728. The summed E-state index contributed by atoms with van der Waals surface area (Å²) in [5, 5.41) is 0. The molecule has 1 heterocycles. The highest BCUT2D eigenvalue weighted by Crippen LogP contribution is 2.35. The van der Waals surface area contributed by atoms with Gasteiger partial charge in [0, 0.05) is 4.90 Å². The molecule has 0 spiro atoms. The van der Waals surface area contributed by atoms with Crippen molar-refractivity contribution in [2.45, 2.75) is 30.3 Å². The molecule has 0 saturated heterocycles. The number of hydrogen-bond donors (Lipinski definition) is 0. The maximum absolute atomic E-state index is 15.0. The van der Waals surface area contributed by atoms with Crippen molar-refractivity contribution >= 4 is 23.6 Å². The summed E-state index contributed by atoms with van der Waals surface area (Å²) in [6.07, 6.45) is 0. The zero-order valence-corrected chi connectivity index (χ0v) is 14.3. The molecule has 0 saturated carbocycles. The van der Waals surface area contributed by atoms with Crippen molar-refractivity contribution in [1.29, 1.82) is 0 Å². The normalized spacial score (nSPS) is 16.4. The molecule has 1 aliphatic heterocycles. The molecule has 3 rings (SSSR count). The number of thioether (sulfide) groups is 1. The van der Waals surface area contributed by atoms with Crippen LogP contribution in [0.3, 0.4) is 0 Å². The van der Waals surface area contributed by atoms with E-state index in [0.29, 0.717) is 11.1 Å². The molecule has 0 N–H and O–H groups in total. The SMILES string of the molecule is CC(C)[C@H](C(F)Sc1ccccc1)N1C(=O)c2ccccc2C1=O. The standard InChI is InChI=1S/C19H18FNO2S/c1-12(2)16(17(20)24-13-8-4-3-5-9-13)21-18(22)14-10-6-7-11-15(14)19(21)23/h3-12,16-17H,1-2H3/t16-,17?/m1/s1. The lowest BCUT2D eigenvalue weighted by atomic mass is 10.0. The fourth-order valence-electron chi connectivity index (χ4n) is 2.90. The predicted octanol–water partition coefficient (Wildman–Crippen LogP) is 4.40. The van der Waals surface area contributed by atoms with Crippen molar-refractivity contribution < 1.29 is 14.0 Å². The molecule has 0 aromatic heterocycles. The second kappa shape index (κ2) is 6.77. The fraction of sp³-hybridized carbons (Fsp3) is 0.263. The second-order valence-corrected chi connectivity index (χ2v) is 7.20. The van der Waals surface area contributed by atoms with Gasteiger partial charge >= 0.3 is 0 Å². The maximum atomic E-state index is 15.0. The first kappa shape index (κ1) is 16.7. The molecule has 124 valence electrons. The molecule has 1 aliphatic rings. The van der Waals surface area contributed by atoms with Crippen molar-refractivity contribution in [2.75, 3.05) is 0 Å². The summed E-state index contributed by atoms with van der Waals surface area (Å²) in [7, 11) is 0. The molecular weight excluding hydrogens is 325 g/mol. The number of amides is 2. The van der Waals surface area contributed by atoms with Crippen molar-refractivity contribution in [3.63, 3.8) is 0 Å². The highest BCUT2D eigenvalue weighted by Gasteiger charge is 2.44. The zero-order valence-electron chi connectivity index (χ0n) is 13.5. The van der Waals surface area contributed by atoms with Gasteiger partial charge in [-0.1, -0.05) is 55.9 Å².